The van der Waals surface area contributed by atoms with Gasteiger partial charge in [-0.25, -0.2) is 0 Å². The molecule has 1 atom stereocenters. The Morgan fingerprint density at radius 3 is 2.65 bits per heavy atom. The van der Waals surface area contributed by atoms with Gasteiger partial charge >= 0.3 is 0 Å². The Balaban J connectivity index is 2.15. The fourth-order valence-corrected chi connectivity index (χ4v) is 3.44. The maximum absolute atomic E-state index is 11.1. The summed E-state index contributed by atoms with van der Waals surface area (Å²) in [6.45, 7) is 2.54. The number of rotatable bonds is 2. The first kappa shape index (κ1) is 13.7. The highest BCUT2D eigenvalue weighted by Crippen LogP contribution is 2.41. The van der Waals surface area contributed by atoms with Crippen molar-refractivity contribution in [3.05, 3.63) is 63.6 Å². The van der Waals surface area contributed by atoms with E-state index in [-0.39, 0.29) is 0 Å². The summed E-state index contributed by atoms with van der Waals surface area (Å²) in [4.78, 5) is 0. The van der Waals surface area contributed by atoms with Gasteiger partial charge in [-0.3, -0.25) is 0 Å². The lowest BCUT2D eigenvalue weighted by Gasteiger charge is -2.30. The molecule has 2 aromatic rings. The second-order valence-corrected chi connectivity index (χ2v) is 6.15. The molecule has 3 heteroatoms. The molecule has 0 aromatic heterocycles. The topological polar surface area (TPSA) is 29.5 Å². The molecule has 20 heavy (non-hydrogen) atoms. The molecule has 2 nitrogen and oxygen atoms in total. The molecule has 1 heterocycles. The number of ether oxygens (including phenoxy) is 1. The van der Waals surface area contributed by atoms with E-state index in [9.17, 15) is 5.11 Å². The van der Waals surface area contributed by atoms with Crippen LogP contribution in [0, 0.1) is 0 Å². The van der Waals surface area contributed by atoms with Crippen LogP contribution in [0.4, 0.5) is 0 Å². The van der Waals surface area contributed by atoms with Gasteiger partial charge in [0.25, 0.3) is 0 Å². The fraction of sp³-hybridized carbons (Fsp3) is 0.294. The molecule has 0 saturated heterocycles. The Kier molecular flexibility index (Phi) is 3.57. The molecule has 0 amide bonds. The second kappa shape index (κ2) is 5.23. The normalized spacial score (nSPS) is 16.9. The van der Waals surface area contributed by atoms with Crippen LogP contribution in [0.15, 0.2) is 46.9 Å². The number of benzene rings is 2. The molecular weight excluding hydrogens is 316 g/mol. The van der Waals surface area contributed by atoms with Gasteiger partial charge in [-0.1, -0.05) is 52.3 Å². The van der Waals surface area contributed by atoms with Gasteiger partial charge in [0, 0.05) is 15.6 Å². The van der Waals surface area contributed by atoms with Crippen molar-refractivity contribution >= 4 is 15.9 Å². The van der Waals surface area contributed by atoms with E-state index in [1.807, 2.05) is 43.3 Å². The first-order valence-electron chi connectivity index (χ1n) is 6.83. The van der Waals surface area contributed by atoms with Crippen molar-refractivity contribution in [1.82, 2.24) is 0 Å². The van der Waals surface area contributed by atoms with E-state index in [1.54, 1.807) is 0 Å². The third-order valence-corrected chi connectivity index (χ3v) is 4.55. The van der Waals surface area contributed by atoms with Crippen LogP contribution in [0.5, 0.6) is 5.75 Å². The zero-order chi connectivity index (χ0) is 14.2. The Morgan fingerprint density at radius 2 is 1.85 bits per heavy atom. The predicted molar refractivity (Wildman–Crippen MR) is 83.1 cm³/mol. The van der Waals surface area contributed by atoms with Gasteiger partial charge in [0.1, 0.15) is 11.4 Å². The van der Waals surface area contributed by atoms with Crippen molar-refractivity contribution in [3.63, 3.8) is 0 Å². The van der Waals surface area contributed by atoms with Crippen molar-refractivity contribution in [3.8, 4) is 5.75 Å². The van der Waals surface area contributed by atoms with Gasteiger partial charge in [-0.2, -0.15) is 0 Å². The lowest BCUT2D eigenvalue weighted by atomic mass is 9.85. The highest BCUT2D eigenvalue weighted by molar-refractivity contribution is 9.10. The lowest BCUT2D eigenvalue weighted by molar-refractivity contribution is 0.0960. The van der Waals surface area contributed by atoms with E-state index >= 15 is 0 Å². The van der Waals surface area contributed by atoms with Gasteiger partial charge < -0.3 is 9.84 Å². The molecule has 0 spiro atoms. The zero-order valence-electron chi connectivity index (χ0n) is 11.4. The SMILES string of the molecule is CC(O)(c1ccccc1Br)c1cccc2c1OCCC2. The molecule has 1 unspecified atom stereocenters. The molecule has 104 valence electrons. The minimum atomic E-state index is -1.08. The molecule has 0 bridgehead atoms. The highest BCUT2D eigenvalue weighted by atomic mass is 79.9. The standard InChI is InChI=1S/C17H17BrO2/c1-17(19,13-8-2-3-10-15(13)18)14-9-4-6-12-7-5-11-20-16(12)14/h2-4,6,8-10,19H,5,7,11H2,1H3. The van der Waals surface area contributed by atoms with Crippen LogP contribution in [0.3, 0.4) is 0 Å². The number of halogens is 1. The maximum atomic E-state index is 11.1. The number of aliphatic hydroxyl groups is 1. The van der Waals surface area contributed by atoms with Crippen molar-refractivity contribution < 1.29 is 9.84 Å². The molecule has 1 aliphatic rings. The number of hydrogen-bond acceptors (Lipinski definition) is 2. The second-order valence-electron chi connectivity index (χ2n) is 5.30. The Labute approximate surface area is 127 Å². The average molecular weight is 333 g/mol. The minimum Gasteiger partial charge on any atom is -0.493 e. The van der Waals surface area contributed by atoms with Gasteiger partial charge in [0.05, 0.1) is 6.61 Å². The van der Waals surface area contributed by atoms with E-state index in [1.165, 1.54) is 5.56 Å². The summed E-state index contributed by atoms with van der Waals surface area (Å²) in [6, 6.07) is 13.8. The fourth-order valence-electron chi connectivity index (χ4n) is 2.77. The molecule has 2 aromatic carbocycles. The first-order valence-corrected chi connectivity index (χ1v) is 7.62. The van der Waals surface area contributed by atoms with Crippen molar-refractivity contribution in [2.45, 2.75) is 25.4 Å². The first-order chi connectivity index (χ1) is 9.60. The number of hydrogen-bond donors (Lipinski definition) is 1. The summed E-state index contributed by atoms with van der Waals surface area (Å²) in [5.74, 6) is 0.847. The maximum Gasteiger partial charge on any atom is 0.128 e. The van der Waals surface area contributed by atoms with Crippen molar-refractivity contribution in [1.29, 1.82) is 0 Å². The molecule has 1 aliphatic heterocycles. The predicted octanol–water partition coefficient (Wildman–Crippen LogP) is 4.03. The summed E-state index contributed by atoms with van der Waals surface area (Å²) in [5, 5.41) is 11.1. The summed E-state index contributed by atoms with van der Waals surface area (Å²) in [7, 11) is 0. The number of fused-ring (bicyclic) bond motifs is 1. The Morgan fingerprint density at radius 1 is 1.10 bits per heavy atom. The number of para-hydroxylation sites is 1. The van der Waals surface area contributed by atoms with Crippen LogP contribution in [0.1, 0.15) is 30.0 Å². The van der Waals surface area contributed by atoms with Crippen LogP contribution < -0.4 is 4.74 Å². The van der Waals surface area contributed by atoms with Gasteiger partial charge in [0.2, 0.25) is 0 Å². The molecule has 0 aliphatic carbocycles. The van der Waals surface area contributed by atoms with Crippen LogP contribution in [0.2, 0.25) is 0 Å². The summed E-state index contributed by atoms with van der Waals surface area (Å²) >= 11 is 3.52. The van der Waals surface area contributed by atoms with Crippen LogP contribution in [-0.4, -0.2) is 11.7 Å². The summed E-state index contributed by atoms with van der Waals surface area (Å²) in [5.41, 5.74) is 1.79. The average Bonchev–Trinajstić information content (AvgIpc) is 2.47. The summed E-state index contributed by atoms with van der Waals surface area (Å²) in [6.07, 6.45) is 2.04. The largest absolute Gasteiger partial charge is 0.493 e. The quantitative estimate of drug-likeness (QED) is 0.899. The lowest BCUT2D eigenvalue weighted by Crippen LogP contribution is -2.26. The summed E-state index contributed by atoms with van der Waals surface area (Å²) < 4.78 is 6.73. The molecule has 0 fully saturated rings. The van der Waals surface area contributed by atoms with Crippen LogP contribution in [0.25, 0.3) is 0 Å². The minimum absolute atomic E-state index is 0.718. The smallest absolute Gasteiger partial charge is 0.128 e. The van der Waals surface area contributed by atoms with Crippen molar-refractivity contribution in [2.75, 3.05) is 6.61 Å². The van der Waals surface area contributed by atoms with E-state index in [0.29, 0.717) is 0 Å². The van der Waals surface area contributed by atoms with Gasteiger partial charge in [0.15, 0.2) is 0 Å². The third-order valence-electron chi connectivity index (χ3n) is 3.86. The molecular formula is C17H17BrO2. The molecule has 3 rings (SSSR count). The highest BCUT2D eigenvalue weighted by Gasteiger charge is 2.32. The zero-order valence-corrected chi connectivity index (χ0v) is 13.0. The van der Waals surface area contributed by atoms with Gasteiger partial charge in [-0.05, 0) is 31.4 Å². The van der Waals surface area contributed by atoms with Gasteiger partial charge in [-0.15, -0.1) is 0 Å². The molecule has 0 radical (unpaired) electrons. The van der Waals surface area contributed by atoms with E-state index < -0.39 is 5.60 Å². The van der Waals surface area contributed by atoms with Crippen LogP contribution in [-0.2, 0) is 12.0 Å². The van der Waals surface area contributed by atoms with E-state index in [2.05, 4.69) is 22.0 Å². The van der Waals surface area contributed by atoms with Crippen LogP contribution >= 0.6 is 15.9 Å². The third kappa shape index (κ3) is 2.25. The Bertz CT molecular complexity index is 635. The Hall–Kier alpha value is -1.32. The number of aryl methyl sites for hydroxylation is 1. The molecule has 0 saturated carbocycles. The van der Waals surface area contributed by atoms with E-state index in [4.69, 9.17) is 4.74 Å². The van der Waals surface area contributed by atoms with E-state index in [0.717, 1.165) is 40.8 Å². The molecule has 1 N–H and O–H groups in total. The monoisotopic (exact) mass is 332 g/mol. The van der Waals surface area contributed by atoms with Crippen molar-refractivity contribution in [2.24, 2.45) is 0 Å².